The molecule has 0 bridgehead atoms. The molecule has 3 heterocycles. The van der Waals surface area contributed by atoms with Gasteiger partial charge in [-0.3, -0.25) is 9.69 Å². The van der Waals surface area contributed by atoms with Gasteiger partial charge in [-0.15, -0.1) is 0 Å². The van der Waals surface area contributed by atoms with Crippen molar-refractivity contribution in [3.05, 3.63) is 78.5 Å². The molecule has 0 saturated carbocycles. The molecule has 0 aliphatic carbocycles. The Hall–Kier alpha value is -3.43. The summed E-state index contributed by atoms with van der Waals surface area (Å²) in [6, 6.07) is 19.0. The fourth-order valence-electron chi connectivity index (χ4n) is 4.20. The summed E-state index contributed by atoms with van der Waals surface area (Å²) in [6.07, 6.45) is 2.65. The Labute approximate surface area is 192 Å². The van der Waals surface area contributed by atoms with Crippen molar-refractivity contribution in [3.63, 3.8) is 0 Å². The van der Waals surface area contributed by atoms with Crippen LogP contribution in [0.3, 0.4) is 0 Å². The number of sulfonamides is 1. The average molecular weight is 466 g/mol. The lowest BCUT2D eigenvalue weighted by Gasteiger charge is -2.37. The molecular formula is C24H23N3O5S. The molecule has 8 nitrogen and oxygen atoms in total. The Bertz CT molecular complexity index is 1240. The van der Waals surface area contributed by atoms with Crippen molar-refractivity contribution in [1.29, 1.82) is 0 Å². The molecule has 1 amide bonds. The highest BCUT2D eigenvalue weighted by atomic mass is 32.2. The number of nitrogens with zero attached hydrogens (tertiary/aromatic N) is 3. The van der Waals surface area contributed by atoms with Crippen LogP contribution in [0.1, 0.15) is 23.2 Å². The number of hydrogen-bond donors (Lipinski definition) is 0. The molecule has 0 N–H and O–H groups in total. The van der Waals surface area contributed by atoms with Crippen LogP contribution >= 0.6 is 0 Å². The van der Waals surface area contributed by atoms with Gasteiger partial charge >= 0.3 is 0 Å². The van der Waals surface area contributed by atoms with Crippen LogP contribution < -0.4 is 14.4 Å². The van der Waals surface area contributed by atoms with Crippen LogP contribution in [0.4, 0.5) is 5.82 Å². The van der Waals surface area contributed by atoms with E-state index in [2.05, 4.69) is 4.98 Å². The summed E-state index contributed by atoms with van der Waals surface area (Å²) in [7, 11) is -3.69. The minimum Gasteiger partial charge on any atom is -0.454 e. The Morgan fingerprint density at radius 3 is 2.39 bits per heavy atom. The van der Waals surface area contributed by atoms with Gasteiger partial charge in [0.1, 0.15) is 5.82 Å². The van der Waals surface area contributed by atoms with E-state index in [0.717, 1.165) is 0 Å². The van der Waals surface area contributed by atoms with Gasteiger partial charge in [-0.25, -0.2) is 13.4 Å². The first kappa shape index (κ1) is 21.4. The first-order chi connectivity index (χ1) is 16.0. The minimum atomic E-state index is -3.69. The van der Waals surface area contributed by atoms with Crippen molar-refractivity contribution < 1.29 is 22.7 Å². The van der Waals surface area contributed by atoms with Gasteiger partial charge in [-0.1, -0.05) is 24.3 Å². The number of ether oxygens (including phenoxy) is 2. The van der Waals surface area contributed by atoms with Crippen molar-refractivity contribution in [2.75, 3.05) is 24.8 Å². The summed E-state index contributed by atoms with van der Waals surface area (Å²) in [5, 5.41) is 0. The number of pyridine rings is 1. The average Bonchev–Trinajstić information content (AvgIpc) is 3.34. The zero-order chi connectivity index (χ0) is 22.8. The van der Waals surface area contributed by atoms with Crippen LogP contribution in [-0.4, -0.2) is 49.5 Å². The normalized spacial score (nSPS) is 16.5. The van der Waals surface area contributed by atoms with Gasteiger partial charge in [-0.2, -0.15) is 4.31 Å². The number of benzene rings is 2. The fourth-order valence-corrected chi connectivity index (χ4v) is 5.69. The Kier molecular flexibility index (Phi) is 5.74. The largest absolute Gasteiger partial charge is 0.454 e. The van der Waals surface area contributed by atoms with E-state index in [1.165, 1.54) is 16.4 Å². The monoisotopic (exact) mass is 465 g/mol. The molecule has 0 unspecified atom stereocenters. The zero-order valence-electron chi connectivity index (χ0n) is 17.8. The van der Waals surface area contributed by atoms with E-state index in [-0.39, 0.29) is 23.6 Å². The molecule has 33 heavy (non-hydrogen) atoms. The second-order valence-corrected chi connectivity index (χ2v) is 9.82. The van der Waals surface area contributed by atoms with Crippen molar-refractivity contribution >= 4 is 21.7 Å². The SMILES string of the molecule is O=C(c1ccccc1)N(c1ccccn1)C1CCN(S(=O)(=O)c2ccc3c(c2)OCO3)CC1. The maximum atomic E-state index is 13.4. The quantitative estimate of drug-likeness (QED) is 0.574. The van der Waals surface area contributed by atoms with Crippen LogP contribution in [0.5, 0.6) is 11.5 Å². The number of rotatable bonds is 5. The molecule has 3 aromatic rings. The van der Waals surface area contributed by atoms with Crippen LogP contribution in [-0.2, 0) is 10.0 Å². The summed E-state index contributed by atoms with van der Waals surface area (Å²) in [6.45, 7) is 0.683. The highest BCUT2D eigenvalue weighted by Gasteiger charge is 2.35. The number of aromatic nitrogens is 1. The lowest BCUT2D eigenvalue weighted by molar-refractivity contribution is 0.0967. The van der Waals surface area contributed by atoms with Gasteiger partial charge in [0.25, 0.3) is 5.91 Å². The molecule has 2 aliphatic heterocycles. The third-order valence-corrected chi connectivity index (χ3v) is 7.80. The van der Waals surface area contributed by atoms with Gasteiger partial charge < -0.3 is 9.47 Å². The lowest BCUT2D eigenvalue weighted by atomic mass is 10.0. The van der Waals surface area contributed by atoms with Crippen molar-refractivity contribution in [3.8, 4) is 11.5 Å². The molecule has 0 spiro atoms. The molecule has 2 aliphatic rings. The predicted octanol–water partition coefficient (Wildman–Crippen LogP) is 3.31. The van der Waals surface area contributed by atoms with E-state index in [0.29, 0.717) is 48.8 Å². The van der Waals surface area contributed by atoms with Crippen LogP contribution in [0.25, 0.3) is 0 Å². The summed E-state index contributed by atoms with van der Waals surface area (Å²) < 4.78 is 38.5. The van der Waals surface area contributed by atoms with E-state index < -0.39 is 10.0 Å². The molecule has 5 rings (SSSR count). The number of anilines is 1. The molecule has 170 valence electrons. The Morgan fingerprint density at radius 1 is 0.939 bits per heavy atom. The van der Waals surface area contributed by atoms with Crippen molar-refractivity contribution in [2.45, 2.75) is 23.8 Å². The lowest BCUT2D eigenvalue weighted by Crippen LogP contribution is -2.49. The van der Waals surface area contributed by atoms with Crippen molar-refractivity contribution in [1.82, 2.24) is 9.29 Å². The molecular weight excluding hydrogens is 442 g/mol. The molecule has 1 fully saturated rings. The number of carbonyl (C=O) groups is 1. The topological polar surface area (TPSA) is 89.0 Å². The molecule has 0 radical (unpaired) electrons. The summed E-state index contributed by atoms with van der Waals surface area (Å²) >= 11 is 0. The first-order valence-electron chi connectivity index (χ1n) is 10.7. The van der Waals surface area contributed by atoms with Gasteiger partial charge in [0.2, 0.25) is 16.8 Å². The van der Waals surface area contributed by atoms with E-state index in [9.17, 15) is 13.2 Å². The highest BCUT2D eigenvalue weighted by Crippen LogP contribution is 2.35. The molecule has 2 aromatic carbocycles. The molecule has 1 aromatic heterocycles. The Morgan fingerprint density at radius 2 is 1.67 bits per heavy atom. The number of piperidine rings is 1. The maximum absolute atomic E-state index is 13.4. The van der Waals surface area contributed by atoms with Gasteiger partial charge in [0.05, 0.1) is 4.90 Å². The van der Waals surface area contributed by atoms with E-state index in [1.54, 1.807) is 41.4 Å². The molecule has 0 atom stereocenters. The summed E-state index contributed by atoms with van der Waals surface area (Å²) in [5.74, 6) is 1.38. The summed E-state index contributed by atoms with van der Waals surface area (Å²) in [5.41, 5.74) is 0.568. The number of fused-ring (bicyclic) bond motifs is 1. The van der Waals surface area contributed by atoms with Crippen LogP contribution in [0.2, 0.25) is 0 Å². The van der Waals surface area contributed by atoms with Gasteiger partial charge in [0.15, 0.2) is 11.5 Å². The predicted molar refractivity (Wildman–Crippen MR) is 122 cm³/mol. The van der Waals surface area contributed by atoms with Crippen LogP contribution in [0.15, 0.2) is 77.8 Å². The number of hydrogen-bond acceptors (Lipinski definition) is 6. The third kappa shape index (κ3) is 4.17. The van der Waals surface area contributed by atoms with E-state index >= 15 is 0 Å². The second-order valence-electron chi connectivity index (χ2n) is 7.88. The number of carbonyl (C=O) groups excluding carboxylic acids is 1. The third-order valence-electron chi connectivity index (χ3n) is 5.91. The maximum Gasteiger partial charge on any atom is 0.259 e. The van der Waals surface area contributed by atoms with Crippen molar-refractivity contribution in [2.24, 2.45) is 0 Å². The standard InChI is InChI=1S/C24H23N3O5S/c28-24(18-6-2-1-3-7-18)27(23-8-4-5-13-25-23)19-11-14-26(15-12-19)33(29,30)20-9-10-21-22(16-20)32-17-31-21/h1-10,13,16,19H,11-12,14-15,17H2. The minimum absolute atomic E-state index is 0.0863. The van der Waals surface area contributed by atoms with Gasteiger partial charge in [-0.05, 0) is 49.2 Å². The van der Waals surface area contributed by atoms with E-state index in [4.69, 9.17) is 9.47 Å². The van der Waals surface area contributed by atoms with Crippen LogP contribution in [0, 0.1) is 0 Å². The fraction of sp³-hybridized carbons (Fsp3) is 0.250. The summed E-state index contributed by atoms with van der Waals surface area (Å²) in [4.78, 5) is 19.6. The first-order valence-corrected chi connectivity index (χ1v) is 12.2. The smallest absolute Gasteiger partial charge is 0.259 e. The van der Waals surface area contributed by atoms with E-state index in [1.807, 2.05) is 24.3 Å². The second kappa shape index (κ2) is 8.84. The van der Waals surface area contributed by atoms with Gasteiger partial charge in [0, 0.05) is 37.0 Å². The molecule has 9 heteroatoms. The Balaban J connectivity index is 1.36. The highest BCUT2D eigenvalue weighted by molar-refractivity contribution is 7.89. The molecule has 1 saturated heterocycles. The zero-order valence-corrected chi connectivity index (χ0v) is 18.6. The number of amides is 1.